The number of aryl methyl sites for hydroxylation is 1. The fourth-order valence-corrected chi connectivity index (χ4v) is 3.32. The molecule has 0 saturated heterocycles. The van der Waals surface area contributed by atoms with Gasteiger partial charge in [-0.15, -0.1) is 0 Å². The van der Waals surface area contributed by atoms with E-state index in [1.54, 1.807) is 0 Å². The number of hydrogen-bond acceptors (Lipinski definition) is 4. The molecule has 0 amide bonds. The number of nitrogens with zero attached hydrogens (tertiary/aromatic N) is 3. The molecule has 0 aromatic carbocycles. The summed E-state index contributed by atoms with van der Waals surface area (Å²) >= 11 is 1.27. The topological polar surface area (TPSA) is 68.0 Å². The van der Waals surface area contributed by atoms with Crippen molar-refractivity contribution in [2.24, 2.45) is 11.3 Å². The molecule has 1 atom stereocenters. The first kappa shape index (κ1) is 14.4. The van der Waals surface area contributed by atoms with E-state index in [9.17, 15) is 4.79 Å². The van der Waals surface area contributed by atoms with Gasteiger partial charge in [0.15, 0.2) is 10.8 Å². The largest absolute Gasteiger partial charge is 0.481 e. The minimum Gasteiger partial charge on any atom is -0.481 e. The number of carboxylic acids is 1. The highest BCUT2D eigenvalue weighted by Gasteiger charge is 2.45. The van der Waals surface area contributed by atoms with Crippen molar-refractivity contribution in [3.63, 3.8) is 0 Å². The summed E-state index contributed by atoms with van der Waals surface area (Å²) in [4.78, 5) is 20.0. The molecule has 21 heavy (non-hydrogen) atoms. The molecule has 1 saturated carbocycles. The molecule has 2 aromatic rings. The molecule has 1 unspecified atom stereocenters. The van der Waals surface area contributed by atoms with Crippen LogP contribution in [0.25, 0.3) is 11.2 Å². The van der Waals surface area contributed by atoms with Crippen LogP contribution in [0.3, 0.4) is 0 Å². The second-order valence-corrected chi connectivity index (χ2v) is 7.31. The number of thioether (sulfide) groups is 1. The monoisotopic (exact) mass is 305 g/mol. The average Bonchev–Trinajstić information content (AvgIpc) is 2.86. The number of carbonyl (C=O) groups is 1. The molecule has 2 heterocycles. The van der Waals surface area contributed by atoms with Gasteiger partial charge in [-0.1, -0.05) is 25.6 Å². The van der Waals surface area contributed by atoms with Gasteiger partial charge >= 0.3 is 5.97 Å². The fourth-order valence-electron chi connectivity index (χ4n) is 2.58. The molecular weight excluding hydrogens is 286 g/mol. The van der Waals surface area contributed by atoms with E-state index in [4.69, 9.17) is 5.11 Å². The fraction of sp³-hybridized carbons (Fsp3) is 0.533. The number of imidazole rings is 1. The van der Waals surface area contributed by atoms with Gasteiger partial charge in [0.2, 0.25) is 0 Å². The summed E-state index contributed by atoms with van der Waals surface area (Å²) in [7, 11) is 0. The van der Waals surface area contributed by atoms with Crippen LogP contribution >= 0.6 is 11.8 Å². The highest BCUT2D eigenvalue weighted by Crippen LogP contribution is 2.52. The van der Waals surface area contributed by atoms with E-state index in [1.165, 1.54) is 18.2 Å². The zero-order valence-electron chi connectivity index (χ0n) is 12.5. The van der Waals surface area contributed by atoms with E-state index in [0.717, 1.165) is 28.6 Å². The van der Waals surface area contributed by atoms with Crippen molar-refractivity contribution in [3.8, 4) is 0 Å². The number of carboxylic acid groups (broad SMARTS) is 1. The Labute approximate surface area is 127 Å². The Bertz CT molecular complexity index is 708. The lowest BCUT2D eigenvalue weighted by Crippen LogP contribution is -2.07. The van der Waals surface area contributed by atoms with Crippen LogP contribution in [0.2, 0.25) is 0 Å². The second-order valence-electron chi connectivity index (χ2n) is 6.37. The van der Waals surface area contributed by atoms with Gasteiger partial charge in [0.25, 0.3) is 0 Å². The number of pyridine rings is 1. The van der Waals surface area contributed by atoms with Crippen molar-refractivity contribution in [3.05, 3.63) is 17.8 Å². The third kappa shape index (κ3) is 2.90. The molecule has 1 aliphatic carbocycles. The Hall–Kier alpha value is -1.56. The van der Waals surface area contributed by atoms with Crippen LogP contribution < -0.4 is 0 Å². The Morgan fingerprint density at radius 1 is 1.48 bits per heavy atom. The smallest absolute Gasteiger partial charge is 0.313 e. The summed E-state index contributed by atoms with van der Waals surface area (Å²) in [5.41, 5.74) is 3.03. The van der Waals surface area contributed by atoms with E-state index in [0.29, 0.717) is 11.3 Å². The summed E-state index contributed by atoms with van der Waals surface area (Å²) < 4.78 is 2.09. The third-order valence-electron chi connectivity index (χ3n) is 4.14. The Morgan fingerprint density at radius 2 is 2.19 bits per heavy atom. The molecule has 0 radical (unpaired) electrons. The first-order valence-electron chi connectivity index (χ1n) is 7.05. The maximum atomic E-state index is 10.8. The normalized spacial score (nSPS) is 19.9. The molecule has 0 spiro atoms. The summed E-state index contributed by atoms with van der Waals surface area (Å²) in [6.45, 7) is 7.35. The molecule has 5 nitrogen and oxygen atoms in total. The predicted octanol–water partition coefficient (Wildman–Crippen LogP) is 2.96. The molecule has 6 heteroatoms. The number of rotatable bonds is 5. The van der Waals surface area contributed by atoms with Gasteiger partial charge < -0.3 is 9.67 Å². The lowest BCUT2D eigenvalue weighted by molar-refractivity contribution is -0.133. The van der Waals surface area contributed by atoms with Crippen molar-refractivity contribution in [2.75, 3.05) is 5.75 Å². The van der Waals surface area contributed by atoms with Gasteiger partial charge in [0.05, 0.1) is 5.75 Å². The van der Waals surface area contributed by atoms with Crippen LogP contribution in [0.5, 0.6) is 0 Å². The van der Waals surface area contributed by atoms with Gasteiger partial charge in [0.1, 0.15) is 5.52 Å². The molecule has 112 valence electrons. The molecule has 0 bridgehead atoms. The van der Waals surface area contributed by atoms with Crippen molar-refractivity contribution in [1.82, 2.24) is 14.5 Å². The van der Waals surface area contributed by atoms with Crippen LogP contribution in [-0.2, 0) is 11.3 Å². The van der Waals surface area contributed by atoms with E-state index in [-0.39, 0.29) is 5.75 Å². The molecule has 0 aliphatic heterocycles. The molecule has 1 aliphatic rings. The van der Waals surface area contributed by atoms with Gasteiger partial charge in [-0.25, -0.2) is 9.97 Å². The van der Waals surface area contributed by atoms with Crippen molar-refractivity contribution in [1.29, 1.82) is 0 Å². The lowest BCUT2D eigenvalue weighted by Gasteiger charge is -2.09. The van der Waals surface area contributed by atoms with Crippen LogP contribution in [0.4, 0.5) is 0 Å². The quantitative estimate of drug-likeness (QED) is 0.860. The maximum absolute atomic E-state index is 10.8. The number of fused-ring (bicyclic) bond motifs is 1. The molecule has 1 fully saturated rings. The highest BCUT2D eigenvalue weighted by atomic mass is 32.2. The highest BCUT2D eigenvalue weighted by molar-refractivity contribution is 7.99. The SMILES string of the molecule is Cc1ccc2nc(SCC(=O)O)n(CC3CC3(C)C)c2n1. The number of aliphatic carboxylic acids is 1. The number of aromatic nitrogens is 3. The molecule has 2 aromatic heterocycles. The predicted molar refractivity (Wildman–Crippen MR) is 82.5 cm³/mol. The zero-order chi connectivity index (χ0) is 15.2. The molecule has 3 rings (SSSR count). The standard InChI is InChI=1S/C15H19N3O2S/c1-9-4-5-11-13(16-9)18(7-10-6-15(10,2)3)14(17-11)21-8-12(19)20/h4-5,10H,6-8H2,1-3H3,(H,19,20). The first-order chi connectivity index (χ1) is 9.87. The summed E-state index contributed by atoms with van der Waals surface area (Å²) in [5.74, 6) is -0.188. The zero-order valence-corrected chi connectivity index (χ0v) is 13.3. The van der Waals surface area contributed by atoms with Crippen molar-refractivity contribution in [2.45, 2.75) is 38.9 Å². The minimum absolute atomic E-state index is 0.0242. The first-order valence-corrected chi connectivity index (χ1v) is 8.04. The second kappa shape index (κ2) is 5.02. The van der Waals surface area contributed by atoms with E-state index in [2.05, 4.69) is 28.4 Å². The van der Waals surface area contributed by atoms with Gasteiger partial charge in [-0.3, -0.25) is 4.79 Å². The van der Waals surface area contributed by atoms with Crippen LogP contribution in [0.15, 0.2) is 17.3 Å². The summed E-state index contributed by atoms with van der Waals surface area (Å²) in [6.07, 6.45) is 1.20. The van der Waals surface area contributed by atoms with Gasteiger partial charge in [-0.05, 0) is 36.8 Å². The summed E-state index contributed by atoms with van der Waals surface area (Å²) in [5, 5.41) is 9.65. The van der Waals surface area contributed by atoms with E-state index in [1.807, 2.05) is 19.1 Å². The Balaban J connectivity index is 1.97. The van der Waals surface area contributed by atoms with E-state index < -0.39 is 5.97 Å². The van der Waals surface area contributed by atoms with Crippen molar-refractivity contribution < 1.29 is 9.90 Å². The Kier molecular flexibility index (Phi) is 3.43. The minimum atomic E-state index is -0.825. The van der Waals surface area contributed by atoms with Crippen LogP contribution in [-0.4, -0.2) is 31.4 Å². The lowest BCUT2D eigenvalue weighted by atomic mass is 10.1. The van der Waals surface area contributed by atoms with Crippen LogP contribution in [0.1, 0.15) is 26.0 Å². The summed E-state index contributed by atoms with van der Waals surface area (Å²) in [6, 6.07) is 3.89. The number of hydrogen-bond donors (Lipinski definition) is 1. The van der Waals surface area contributed by atoms with Crippen LogP contribution in [0, 0.1) is 18.3 Å². The average molecular weight is 305 g/mol. The molecule has 1 N–H and O–H groups in total. The van der Waals surface area contributed by atoms with Crippen molar-refractivity contribution >= 4 is 28.9 Å². The third-order valence-corrected chi connectivity index (χ3v) is 5.10. The Morgan fingerprint density at radius 3 is 2.81 bits per heavy atom. The maximum Gasteiger partial charge on any atom is 0.313 e. The van der Waals surface area contributed by atoms with E-state index >= 15 is 0 Å². The van der Waals surface area contributed by atoms with Gasteiger partial charge in [-0.2, -0.15) is 0 Å². The molecular formula is C15H19N3O2S. The van der Waals surface area contributed by atoms with Gasteiger partial charge in [0, 0.05) is 12.2 Å².